The first-order valence-corrected chi connectivity index (χ1v) is 6.08. The van der Waals surface area contributed by atoms with Crippen LogP contribution in [0.2, 0.25) is 0 Å². The average molecular weight is 293 g/mol. The van der Waals surface area contributed by atoms with Crippen molar-refractivity contribution < 1.29 is 18.3 Å². The Morgan fingerprint density at radius 1 is 1.19 bits per heavy atom. The summed E-state index contributed by atoms with van der Waals surface area (Å²) in [5.41, 5.74) is 1.41. The number of aryl methyl sites for hydroxylation is 1. The molecule has 1 aromatic carbocycles. The lowest BCUT2D eigenvalue weighted by atomic mass is 10.3. The van der Waals surface area contributed by atoms with Crippen LogP contribution in [0.1, 0.15) is 5.56 Å². The minimum Gasteiger partial charge on any atom is -0.435 e. The lowest BCUT2D eigenvalue weighted by Gasteiger charge is -2.08. The Morgan fingerprint density at radius 3 is 2.52 bits per heavy atom. The molecule has 5 nitrogen and oxygen atoms in total. The van der Waals surface area contributed by atoms with E-state index in [-0.39, 0.29) is 5.75 Å². The van der Waals surface area contributed by atoms with Crippen molar-refractivity contribution in [3.63, 3.8) is 0 Å². The van der Waals surface area contributed by atoms with E-state index in [2.05, 4.69) is 20.4 Å². The molecular formula is C14H13F2N3O2. The Balaban J connectivity index is 1.93. The number of hydrogen-bond acceptors (Lipinski definition) is 3. The van der Waals surface area contributed by atoms with Crippen molar-refractivity contribution in [1.82, 2.24) is 4.98 Å². The number of amides is 2. The number of pyridine rings is 1. The fraction of sp³-hybridized carbons (Fsp3) is 0.143. The molecule has 2 N–H and O–H groups in total. The number of urea groups is 1. The highest BCUT2D eigenvalue weighted by molar-refractivity contribution is 5.99. The molecule has 0 spiro atoms. The van der Waals surface area contributed by atoms with E-state index in [1.54, 1.807) is 12.3 Å². The van der Waals surface area contributed by atoms with Crippen molar-refractivity contribution in [3.8, 4) is 5.75 Å². The number of carbonyl (C=O) groups excluding carboxylic acids is 1. The lowest BCUT2D eigenvalue weighted by molar-refractivity contribution is -0.0498. The highest BCUT2D eigenvalue weighted by Crippen LogP contribution is 2.17. The van der Waals surface area contributed by atoms with Gasteiger partial charge in [-0.05, 0) is 48.9 Å². The van der Waals surface area contributed by atoms with Crippen molar-refractivity contribution in [1.29, 1.82) is 0 Å². The van der Waals surface area contributed by atoms with Gasteiger partial charge in [0.1, 0.15) is 11.6 Å². The van der Waals surface area contributed by atoms with Gasteiger partial charge in [-0.2, -0.15) is 8.78 Å². The van der Waals surface area contributed by atoms with Crippen molar-refractivity contribution in [2.45, 2.75) is 13.5 Å². The molecule has 1 aromatic heterocycles. The second-order valence-corrected chi connectivity index (χ2v) is 4.20. The van der Waals surface area contributed by atoms with Crippen molar-refractivity contribution in [2.75, 3.05) is 10.6 Å². The molecule has 2 rings (SSSR count). The van der Waals surface area contributed by atoms with Crippen molar-refractivity contribution >= 4 is 17.5 Å². The summed E-state index contributed by atoms with van der Waals surface area (Å²) in [6.07, 6.45) is 1.58. The first-order valence-electron chi connectivity index (χ1n) is 6.08. The van der Waals surface area contributed by atoms with E-state index in [9.17, 15) is 13.6 Å². The maximum Gasteiger partial charge on any atom is 0.387 e. The van der Waals surface area contributed by atoms with Gasteiger partial charge in [0.2, 0.25) is 0 Å². The smallest absolute Gasteiger partial charge is 0.387 e. The van der Waals surface area contributed by atoms with Gasteiger partial charge < -0.3 is 10.1 Å². The SMILES string of the molecule is Cc1ccnc(NC(=O)Nc2ccc(OC(F)F)cc2)c1. The topological polar surface area (TPSA) is 63.2 Å². The first kappa shape index (κ1) is 14.7. The van der Waals surface area contributed by atoms with Gasteiger partial charge in [0, 0.05) is 11.9 Å². The van der Waals surface area contributed by atoms with Crippen LogP contribution in [0.4, 0.5) is 25.1 Å². The van der Waals surface area contributed by atoms with E-state index in [1.165, 1.54) is 24.3 Å². The number of alkyl halides is 2. The molecule has 0 radical (unpaired) electrons. The van der Waals surface area contributed by atoms with E-state index in [1.807, 2.05) is 13.0 Å². The van der Waals surface area contributed by atoms with Gasteiger partial charge in [0.05, 0.1) is 0 Å². The van der Waals surface area contributed by atoms with Crippen LogP contribution in [-0.2, 0) is 0 Å². The molecule has 0 aliphatic carbocycles. The molecule has 0 saturated heterocycles. The number of anilines is 2. The summed E-state index contributed by atoms with van der Waals surface area (Å²) in [6.45, 7) is -0.994. The molecule has 0 aliphatic rings. The van der Waals surface area contributed by atoms with Crippen LogP contribution in [0.15, 0.2) is 42.6 Å². The largest absolute Gasteiger partial charge is 0.435 e. The number of aromatic nitrogens is 1. The molecule has 21 heavy (non-hydrogen) atoms. The number of nitrogens with one attached hydrogen (secondary N) is 2. The van der Waals surface area contributed by atoms with Crippen LogP contribution in [0.25, 0.3) is 0 Å². The molecule has 1 heterocycles. The summed E-state index contributed by atoms with van der Waals surface area (Å²) in [7, 11) is 0. The standard InChI is InChI=1S/C14H13F2N3O2/c1-9-6-7-17-12(8-9)19-14(20)18-10-2-4-11(5-3-10)21-13(15)16/h2-8,13H,1H3,(H2,17,18,19,20). The molecule has 0 unspecified atom stereocenters. The Kier molecular flexibility index (Phi) is 4.65. The Morgan fingerprint density at radius 2 is 1.90 bits per heavy atom. The van der Waals surface area contributed by atoms with E-state index in [4.69, 9.17) is 0 Å². The number of carbonyl (C=O) groups is 1. The van der Waals surface area contributed by atoms with Crippen LogP contribution in [0, 0.1) is 6.92 Å². The Hall–Kier alpha value is -2.70. The summed E-state index contributed by atoms with van der Waals surface area (Å²) in [5, 5.41) is 5.12. The molecule has 0 aliphatic heterocycles. The molecule has 0 bridgehead atoms. The maximum absolute atomic E-state index is 12.0. The Bertz CT molecular complexity index is 618. The van der Waals surface area contributed by atoms with E-state index in [0.29, 0.717) is 11.5 Å². The molecular weight excluding hydrogens is 280 g/mol. The molecule has 110 valence electrons. The second-order valence-electron chi connectivity index (χ2n) is 4.20. The molecule has 0 atom stereocenters. The number of hydrogen-bond donors (Lipinski definition) is 2. The summed E-state index contributed by atoms with van der Waals surface area (Å²) >= 11 is 0. The predicted octanol–water partition coefficient (Wildman–Crippen LogP) is 3.64. The highest BCUT2D eigenvalue weighted by Gasteiger charge is 2.06. The number of halogens is 2. The molecule has 2 amide bonds. The van der Waals surface area contributed by atoms with Crippen molar-refractivity contribution in [3.05, 3.63) is 48.2 Å². The number of benzene rings is 1. The zero-order valence-electron chi connectivity index (χ0n) is 11.1. The van der Waals surface area contributed by atoms with E-state index >= 15 is 0 Å². The second kappa shape index (κ2) is 6.65. The van der Waals surface area contributed by atoms with Gasteiger partial charge >= 0.3 is 12.6 Å². The molecule has 2 aromatic rings. The maximum atomic E-state index is 12.0. The van der Waals surface area contributed by atoms with Gasteiger partial charge in [0.15, 0.2) is 0 Å². The molecule has 7 heteroatoms. The monoisotopic (exact) mass is 293 g/mol. The number of nitrogens with zero attached hydrogens (tertiary/aromatic N) is 1. The summed E-state index contributed by atoms with van der Waals surface area (Å²) < 4.78 is 28.2. The minimum absolute atomic E-state index is 0.0244. The zero-order valence-corrected chi connectivity index (χ0v) is 11.1. The summed E-state index contributed by atoms with van der Waals surface area (Å²) in [5.74, 6) is 0.446. The fourth-order valence-electron chi connectivity index (χ4n) is 1.60. The zero-order chi connectivity index (χ0) is 15.2. The average Bonchev–Trinajstić information content (AvgIpc) is 2.40. The van der Waals surface area contributed by atoms with Crippen LogP contribution in [0.5, 0.6) is 5.75 Å². The predicted molar refractivity (Wildman–Crippen MR) is 74.7 cm³/mol. The lowest BCUT2D eigenvalue weighted by Crippen LogP contribution is -2.20. The summed E-state index contributed by atoms with van der Waals surface area (Å²) in [6, 6.07) is 8.65. The van der Waals surface area contributed by atoms with Gasteiger partial charge in [-0.25, -0.2) is 9.78 Å². The third-order valence-corrected chi connectivity index (χ3v) is 2.49. The summed E-state index contributed by atoms with van der Waals surface area (Å²) in [4.78, 5) is 15.7. The third kappa shape index (κ3) is 4.72. The molecule has 0 saturated carbocycles. The normalized spacial score (nSPS) is 10.3. The number of ether oxygens (including phenoxy) is 1. The van der Waals surface area contributed by atoms with Gasteiger partial charge in [-0.1, -0.05) is 0 Å². The Labute approximate surface area is 120 Å². The van der Waals surface area contributed by atoms with E-state index < -0.39 is 12.6 Å². The third-order valence-electron chi connectivity index (χ3n) is 2.49. The highest BCUT2D eigenvalue weighted by atomic mass is 19.3. The van der Waals surface area contributed by atoms with Gasteiger partial charge in [0.25, 0.3) is 0 Å². The van der Waals surface area contributed by atoms with Gasteiger partial charge in [-0.15, -0.1) is 0 Å². The van der Waals surface area contributed by atoms with Crippen LogP contribution in [-0.4, -0.2) is 17.6 Å². The number of rotatable bonds is 4. The van der Waals surface area contributed by atoms with E-state index in [0.717, 1.165) is 5.56 Å². The van der Waals surface area contributed by atoms with Gasteiger partial charge in [-0.3, -0.25) is 5.32 Å². The minimum atomic E-state index is -2.88. The van der Waals surface area contributed by atoms with Crippen LogP contribution in [0.3, 0.4) is 0 Å². The van der Waals surface area contributed by atoms with Crippen molar-refractivity contribution in [2.24, 2.45) is 0 Å². The molecule has 0 fully saturated rings. The van der Waals surface area contributed by atoms with Crippen LogP contribution < -0.4 is 15.4 Å². The first-order chi connectivity index (χ1) is 10.0. The quantitative estimate of drug-likeness (QED) is 0.904. The van der Waals surface area contributed by atoms with Crippen LogP contribution >= 0.6 is 0 Å². The fourth-order valence-corrected chi connectivity index (χ4v) is 1.60.